The number of alkyl halides is 2. The van der Waals surface area contributed by atoms with Gasteiger partial charge in [0.25, 0.3) is 11.7 Å². The Kier molecular flexibility index (Phi) is 5.58. The van der Waals surface area contributed by atoms with Gasteiger partial charge in [-0.2, -0.15) is 8.78 Å². The molecule has 6 heteroatoms. The van der Waals surface area contributed by atoms with E-state index in [4.69, 9.17) is 0 Å². The molecule has 116 valence electrons. The second kappa shape index (κ2) is 7.22. The Bertz CT molecular complexity index is 473. The van der Waals surface area contributed by atoms with Crippen LogP contribution < -0.4 is 10.6 Å². The normalized spacial score (nSPS) is 17.7. The number of nitrogens with one attached hydrogen (secondary N) is 2. The zero-order valence-corrected chi connectivity index (χ0v) is 12.8. The van der Waals surface area contributed by atoms with E-state index >= 15 is 0 Å². The number of rotatable bonds is 5. The summed E-state index contributed by atoms with van der Waals surface area (Å²) in [7, 11) is 0. The smallest absolute Gasteiger partial charge is 0.288 e. The van der Waals surface area contributed by atoms with E-state index in [0.29, 0.717) is 28.8 Å². The molecular formula is C15H20F2N2OS. The molecule has 0 radical (unpaired) electrons. The lowest BCUT2D eigenvalue weighted by atomic mass is 9.81. The van der Waals surface area contributed by atoms with Gasteiger partial charge >= 0.3 is 0 Å². The summed E-state index contributed by atoms with van der Waals surface area (Å²) in [6.45, 7) is 4.77. The third kappa shape index (κ3) is 4.97. The van der Waals surface area contributed by atoms with E-state index in [1.54, 1.807) is 24.3 Å². The van der Waals surface area contributed by atoms with Gasteiger partial charge in [-0.1, -0.05) is 18.7 Å². The van der Waals surface area contributed by atoms with Crippen molar-refractivity contribution in [3.63, 3.8) is 0 Å². The summed E-state index contributed by atoms with van der Waals surface area (Å²) in [5.41, 5.74) is 0.637. The van der Waals surface area contributed by atoms with Crippen LogP contribution in [0.25, 0.3) is 0 Å². The summed E-state index contributed by atoms with van der Waals surface area (Å²) in [6.07, 6.45) is 2.08. The van der Waals surface area contributed by atoms with Crippen LogP contribution in [0.3, 0.4) is 0 Å². The van der Waals surface area contributed by atoms with Gasteiger partial charge in [-0.3, -0.25) is 4.79 Å². The van der Waals surface area contributed by atoms with E-state index in [-0.39, 0.29) is 11.3 Å². The Labute approximate surface area is 127 Å². The number of hydrogen-bond acceptors (Lipinski definition) is 3. The summed E-state index contributed by atoms with van der Waals surface area (Å²) in [5, 5.41) is 6.25. The molecule has 1 saturated heterocycles. The highest BCUT2D eigenvalue weighted by Gasteiger charge is 2.27. The Hall–Kier alpha value is -1.14. The molecule has 3 nitrogen and oxygen atoms in total. The van der Waals surface area contributed by atoms with Crippen molar-refractivity contribution in [2.45, 2.75) is 30.4 Å². The molecule has 0 bridgehead atoms. The predicted octanol–water partition coefficient (Wildman–Crippen LogP) is 3.12. The molecule has 0 aromatic heterocycles. The SMILES string of the molecule is CC1(CNC(=O)c2ccc(SC(F)F)cc2)CCNCC1. The maximum Gasteiger partial charge on any atom is 0.288 e. The topological polar surface area (TPSA) is 41.1 Å². The van der Waals surface area contributed by atoms with Gasteiger partial charge < -0.3 is 10.6 Å². The predicted molar refractivity (Wildman–Crippen MR) is 80.8 cm³/mol. The highest BCUT2D eigenvalue weighted by atomic mass is 32.2. The van der Waals surface area contributed by atoms with Crippen LogP contribution in [0, 0.1) is 5.41 Å². The highest BCUT2D eigenvalue weighted by molar-refractivity contribution is 7.99. The van der Waals surface area contributed by atoms with Gasteiger partial charge in [0.15, 0.2) is 0 Å². The van der Waals surface area contributed by atoms with Gasteiger partial charge in [0.1, 0.15) is 0 Å². The largest absolute Gasteiger partial charge is 0.351 e. The summed E-state index contributed by atoms with van der Waals surface area (Å²) in [6, 6.07) is 6.28. The molecule has 0 atom stereocenters. The second-order valence-electron chi connectivity index (χ2n) is 5.65. The van der Waals surface area contributed by atoms with Crippen molar-refractivity contribution in [2.24, 2.45) is 5.41 Å². The molecule has 0 unspecified atom stereocenters. The fourth-order valence-electron chi connectivity index (χ4n) is 2.39. The molecule has 1 heterocycles. The first-order chi connectivity index (χ1) is 9.98. The summed E-state index contributed by atoms with van der Waals surface area (Å²) < 4.78 is 24.5. The van der Waals surface area contributed by atoms with E-state index < -0.39 is 5.76 Å². The number of carbonyl (C=O) groups is 1. The van der Waals surface area contributed by atoms with Crippen LogP contribution in [-0.2, 0) is 0 Å². The fourth-order valence-corrected chi connectivity index (χ4v) is 2.89. The first kappa shape index (κ1) is 16.2. The minimum atomic E-state index is -2.44. The lowest BCUT2D eigenvalue weighted by molar-refractivity contribution is 0.0922. The third-order valence-corrected chi connectivity index (χ3v) is 4.55. The third-order valence-electron chi connectivity index (χ3n) is 3.83. The lowest BCUT2D eigenvalue weighted by Gasteiger charge is -2.34. The van der Waals surface area contributed by atoms with Crippen LogP contribution in [0.1, 0.15) is 30.1 Å². The van der Waals surface area contributed by atoms with Crippen LogP contribution >= 0.6 is 11.8 Å². The number of hydrogen-bond donors (Lipinski definition) is 2. The van der Waals surface area contributed by atoms with Crippen LogP contribution in [-0.4, -0.2) is 31.3 Å². The number of amides is 1. The summed E-state index contributed by atoms with van der Waals surface area (Å²) >= 11 is 0.482. The second-order valence-corrected chi connectivity index (χ2v) is 6.71. The van der Waals surface area contributed by atoms with Crippen molar-refractivity contribution in [3.8, 4) is 0 Å². The number of halogens is 2. The van der Waals surface area contributed by atoms with Crippen LogP contribution in [0.5, 0.6) is 0 Å². The fraction of sp³-hybridized carbons (Fsp3) is 0.533. The van der Waals surface area contributed by atoms with Crippen LogP contribution in [0.2, 0.25) is 0 Å². The number of carbonyl (C=O) groups excluding carboxylic acids is 1. The summed E-state index contributed by atoms with van der Waals surface area (Å²) in [4.78, 5) is 12.5. The number of piperidine rings is 1. The van der Waals surface area contributed by atoms with Gasteiger partial charge in [-0.25, -0.2) is 0 Å². The Morgan fingerprint density at radius 1 is 1.33 bits per heavy atom. The Morgan fingerprint density at radius 2 is 1.95 bits per heavy atom. The molecule has 1 aromatic rings. The number of benzene rings is 1. The molecule has 1 aromatic carbocycles. The van der Waals surface area contributed by atoms with E-state index in [1.807, 2.05) is 0 Å². The number of thioether (sulfide) groups is 1. The lowest BCUT2D eigenvalue weighted by Crippen LogP contribution is -2.42. The van der Waals surface area contributed by atoms with Crippen molar-refractivity contribution in [3.05, 3.63) is 29.8 Å². The van der Waals surface area contributed by atoms with Gasteiger partial charge in [-0.15, -0.1) is 0 Å². The average molecular weight is 314 g/mol. The van der Waals surface area contributed by atoms with Crippen LogP contribution in [0.15, 0.2) is 29.2 Å². The first-order valence-corrected chi connectivity index (χ1v) is 7.90. The first-order valence-electron chi connectivity index (χ1n) is 7.02. The average Bonchev–Trinajstić information content (AvgIpc) is 2.46. The van der Waals surface area contributed by atoms with E-state index in [9.17, 15) is 13.6 Å². The molecule has 1 aliphatic heterocycles. The molecule has 0 spiro atoms. The van der Waals surface area contributed by atoms with Gasteiger partial charge in [-0.05, 0) is 55.6 Å². The molecule has 2 N–H and O–H groups in total. The van der Waals surface area contributed by atoms with Gasteiger partial charge in [0.05, 0.1) is 0 Å². The molecule has 2 rings (SSSR count). The molecule has 0 saturated carbocycles. The van der Waals surface area contributed by atoms with Crippen molar-refractivity contribution < 1.29 is 13.6 Å². The maximum absolute atomic E-state index is 12.2. The minimum absolute atomic E-state index is 0.131. The highest BCUT2D eigenvalue weighted by Crippen LogP contribution is 2.27. The van der Waals surface area contributed by atoms with Crippen molar-refractivity contribution in [1.82, 2.24) is 10.6 Å². The van der Waals surface area contributed by atoms with Gasteiger partial charge in [0.2, 0.25) is 0 Å². The molecule has 1 amide bonds. The van der Waals surface area contributed by atoms with Crippen molar-refractivity contribution in [2.75, 3.05) is 19.6 Å². The Morgan fingerprint density at radius 3 is 2.52 bits per heavy atom. The molecule has 1 aliphatic rings. The Balaban J connectivity index is 1.88. The minimum Gasteiger partial charge on any atom is -0.351 e. The van der Waals surface area contributed by atoms with Gasteiger partial charge in [0, 0.05) is 17.0 Å². The molecule has 21 heavy (non-hydrogen) atoms. The monoisotopic (exact) mass is 314 g/mol. The molecular weight excluding hydrogens is 294 g/mol. The van der Waals surface area contributed by atoms with E-state index in [1.165, 1.54) is 0 Å². The zero-order valence-electron chi connectivity index (χ0n) is 12.0. The zero-order chi connectivity index (χ0) is 15.3. The van der Waals surface area contributed by atoms with E-state index in [0.717, 1.165) is 25.9 Å². The molecule has 0 aliphatic carbocycles. The van der Waals surface area contributed by atoms with E-state index in [2.05, 4.69) is 17.6 Å². The van der Waals surface area contributed by atoms with Crippen LogP contribution in [0.4, 0.5) is 8.78 Å². The van der Waals surface area contributed by atoms with Crippen molar-refractivity contribution >= 4 is 17.7 Å². The quantitative estimate of drug-likeness (QED) is 0.821. The molecule has 1 fully saturated rings. The standard InChI is InChI=1S/C15H20F2N2OS/c1-15(6-8-18-9-7-15)10-19-13(20)11-2-4-12(5-3-11)21-14(16)17/h2-5,14,18H,6-10H2,1H3,(H,19,20). The maximum atomic E-state index is 12.2. The summed E-state index contributed by atoms with van der Waals surface area (Å²) in [5.74, 6) is -2.59. The van der Waals surface area contributed by atoms with Crippen molar-refractivity contribution in [1.29, 1.82) is 0 Å².